The van der Waals surface area contributed by atoms with Gasteiger partial charge in [0.25, 0.3) is 0 Å². The van der Waals surface area contributed by atoms with Gasteiger partial charge in [-0.2, -0.15) is 0 Å². The normalized spacial score (nSPS) is 30.4. The summed E-state index contributed by atoms with van der Waals surface area (Å²) in [5, 5.41) is 10.1. The van der Waals surface area contributed by atoms with Gasteiger partial charge < -0.3 is 20.3 Å². The van der Waals surface area contributed by atoms with Crippen molar-refractivity contribution < 1.29 is 14.6 Å². The van der Waals surface area contributed by atoms with Crippen molar-refractivity contribution in [2.45, 2.75) is 38.0 Å². The van der Waals surface area contributed by atoms with Crippen molar-refractivity contribution in [3.05, 3.63) is 23.5 Å². The van der Waals surface area contributed by atoms with Gasteiger partial charge in [0.15, 0.2) is 12.6 Å². The predicted octanol–water partition coefficient (Wildman–Crippen LogP) is 1.02. The molecule has 0 aromatic heterocycles. The van der Waals surface area contributed by atoms with Crippen LogP contribution < -0.4 is 5.73 Å². The first-order valence-corrected chi connectivity index (χ1v) is 5.09. The maximum Gasteiger partial charge on any atom is 0.232 e. The van der Waals surface area contributed by atoms with Gasteiger partial charge >= 0.3 is 0 Å². The van der Waals surface area contributed by atoms with E-state index < -0.39 is 5.79 Å². The first kappa shape index (κ1) is 10.7. The average Bonchev–Trinajstić information content (AvgIpc) is 2.44. The topological polar surface area (TPSA) is 64.7 Å². The van der Waals surface area contributed by atoms with Crippen LogP contribution in [-0.2, 0) is 9.47 Å². The molecule has 0 aromatic rings. The van der Waals surface area contributed by atoms with Gasteiger partial charge in [-0.25, -0.2) is 0 Å². The van der Waals surface area contributed by atoms with Crippen molar-refractivity contribution in [2.24, 2.45) is 5.73 Å². The third-order valence-electron chi connectivity index (χ3n) is 2.51. The number of hydrogen-bond acceptors (Lipinski definition) is 4. The molecular formula is C11H17NO3. The number of ether oxygens (including phenoxy) is 2. The molecule has 1 saturated heterocycles. The minimum absolute atomic E-state index is 0.113. The summed E-state index contributed by atoms with van der Waals surface area (Å²) in [5.74, 6) is -0.724. The van der Waals surface area contributed by atoms with E-state index in [0.29, 0.717) is 18.6 Å². The van der Waals surface area contributed by atoms with Crippen LogP contribution in [0.25, 0.3) is 0 Å². The van der Waals surface area contributed by atoms with E-state index in [1.54, 1.807) is 0 Å². The van der Waals surface area contributed by atoms with E-state index in [2.05, 4.69) is 0 Å². The van der Waals surface area contributed by atoms with Crippen LogP contribution >= 0.6 is 0 Å². The lowest BCUT2D eigenvalue weighted by Crippen LogP contribution is -2.35. The Hall–Kier alpha value is -0.840. The molecule has 3 N–H and O–H groups in total. The highest BCUT2D eigenvalue weighted by Gasteiger charge is 2.43. The number of fused-ring (bicyclic) bond motifs is 1. The summed E-state index contributed by atoms with van der Waals surface area (Å²) in [4.78, 5) is 0. The summed E-state index contributed by atoms with van der Waals surface area (Å²) in [6.45, 7) is 4.00. The quantitative estimate of drug-likeness (QED) is 0.715. The summed E-state index contributed by atoms with van der Waals surface area (Å²) in [6, 6.07) is 0. The SMILES string of the molecule is CC(C)(N)CC1=C2OCOC2(O)CC=C1. The van der Waals surface area contributed by atoms with E-state index in [0.717, 1.165) is 5.57 Å². The minimum Gasteiger partial charge on any atom is -0.466 e. The van der Waals surface area contributed by atoms with Crippen molar-refractivity contribution in [1.29, 1.82) is 0 Å². The fourth-order valence-electron chi connectivity index (χ4n) is 1.93. The van der Waals surface area contributed by atoms with E-state index in [1.807, 2.05) is 26.0 Å². The van der Waals surface area contributed by atoms with Gasteiger partial charge in [0, 0.05) is 12.0 Å². The molecule has 1 aliphatic carbocycles. The second kappa shape index (κ2) is 3.33. The first-order valence-electron chi connectivity index (χ1n) is 5.09. The molecule has 2 rings (SSSR count). The second-order valence-corrected chi connectivity index (χ2v) is 4.82. The standard InChI is InChI=1S/C11H17NO3/c1-10(2,12)6-8-4-3-5-11(13)9(8)14-7-15-11/h3-4,13H,5-7,12H2,1-2H3. The predicted molar refractivity (Wildman–Crippen MR) is 55.7 cm³/mol. The Kier molecular flexibility index (Phi) is 2.37. The van der Waals surface area contributed by atoms with Gasteiger partial charge in [0.2, 0.25) is 5.79 Å². The lowest BCUT2D eigenvalue weighted by Gasteiger charge is -2.27. The summed E-state index contributed by atoms with van der Waals surface area (Å²) in [7, 11) is 0. The van der Waals surface area contributed by atoms with Crippen molar-refractivity contribution in [1.82, 2.24) is 0 Å². The lowest BCUT2D eigenvalue weighted by molar-refractivity contribution is -0.149. The molecule has 4 nitrogen and oxygen atoms in total. The molecule has 1 unspecified atom stereocenters. The van der Waals surface area contributed by atoms with Crippen LogP contribution in [0.3, 0.4) is 0 Å². The van der Waals surface area contributed by atoms with Gasteiger partial charge in [-0.05, 0) is 25.8 Å². The number of nitrogens with two attached hydrogens (primary N) is 1. The Morgan fingerprint density at radius 2 is 2.33 bits per heavy atom. The molecule has 0 radical (unpaired) electrons. The fraction of sp³-hybridized carbons (Fsp3) is 0.636. The van der Waals surface area contributed by atoms with E-state index in [9.17, 15) is 5.11 Å². The van der Waals surface area contributed by atoms with Gasteiger partial charge in [0.05, 0.1) is 0 Å². The van der Waals surface area contributed by atoms with Crippen LogP contribution in [0.15, 0.2) is 23.5 Å². The maximum absolute atomic E-state index is 10.1. The molecule has 1 fully saturated rings. The lowest BCUT2D eigenvalue weighted by atomic mass is 9.90. The zero-order valence-electron chi connectivity index (χ0n) is 9.12. The van der Waals surface area contributed by atoms with Gasteiger partial charge in [0.1, 0.15) is 0 Å². The Labute approximate surface area is 89.4 Å². The monoisotopic (exact) mass is 211 g/mol. The highest BCUT2D eigenvalue weighted by atomic mass is 16.8. The number of hydrogen-bond donors (Lipinski definition) is 2. The third kappa shape index (κ3) is 2.07. The molecule has 0 spiro atoms. The third-order valence-corrected chi connectivity index (χ3v) is 2.51. The Balaban J connectivity index is 2.29. The maximum atomic E-state index is 10.1. The highest BCUT2D eigenvalue weighted by molar-refractivity contribution is 5.33. The molecule has 84 valence electrons. The molecule has 0 aromatic carbocycles. The highest BCUT2D eigenvalue weighted by Crippen LogP contribution is 2.38. The fourth-order valence-corrected chi connectivity index (χ4v) is 1.93. The Bertz CT molecular complexity index is 327. The molecule has 1 aliphatic heterocycles. The van der Waals surface area contributed by atoms with Crippen molar-refractivity contribution in [3.8, 4) is 0 Å². The zero-order chi connectivity index (χ0) is 11.1. The molecule has 15 heavy (non-hydrogen) atoms. The van der Waals surface area contributed by atoms with Crippen LogP contribution in [-0.4, -0.2) is 23.2 Å². The van der Waals surface area contributed by atoms with E-state index in [-0.39, 0.29) is 12.3 Å². The molecular weight excluding hydrogens is 194 g/mol. The molecule has 1 atom stereocenters. The smallest absolute Gasteiger partial charge is 0.232 e. The van der Waals surface area contributed by atoms with Gasteiger partial charge in [-0.1, -0.05) is 12.2 Å². The molecule has 4 heteroatoms. The molecule has 1 heterocycles. The Morgan fingerprint density at radius 1 is 1.60 bits per heavy atom. The van der Waals surface area contributed by atoms with Crippen molar-refractivity contribution >= 4 is 0 Å². The number of allylic oxidation sites excluding steroid dienone is 1. The summed E-state index contributed by atoms with van der Waals surface area (Å²) in [5.41, 5.74) is 6.55. The summed E-state index contributed by atoms with van der Waals surface area (Å²) >= 11 is 0. The van der Waals surface area contributed by atoms with Gasteiger partial charge in [-0.3, -0.25) is 0 Å². The molecule has 2 aliphatic rings. The van der Waals surface area contributed by atoms with Crippen molar-refractivity contribution in [3.63, 3.8) is 0 Å². The molecule has 0 bridgehead atoms. The van der Waals surface area contributed by atoms with Crippen LogP contribution in [0.2, 0.25) is 0 Å². The molecule has 0 saturated carbocycles. The van der Waals surface area contributed by atoms with Crippen LogP contribution in [0.4, 0.5) is 0 Å². The van der Waals surface area contributed by atoms with Crippen LogP contribution in [0.5, 0.6) is 0 Å². The van der Waals surface area contributed by atoms with Crippen LogP contribution in [0, 0.1) is 0 Å². The largest absolute Gasteiger partial charge is 0.466 e. The summed E-state index contributed by atoms with van der Waals surface area (Å²) in [6.07, 6.45) is 4.94. The zero-order valence-corrected chi connectivity index (χ0v) is 9.12. The second-order valence-electron chi connectivity index (χ2n) is 4.82. The van der Waals surface area contributed by atoms with E-state index in [4.69, 9.17) is 15.2 Å². The van der Waals surface area contributed by atoms with E-state index in [1.165, 1.54) is 0 Å². The number of rotatable bonds is 2. The average molecular weight is 211 g/mol. The van der Waals surface area contributed by atoms with E-state index >= 15 is 0 Å². The minimum atomic E-state index is -1.25. The van der Waals surface area contributed by atoms with Crippen molar-refractivity contribution in [2.75, 3.05) is 6.79 Å². The van der Waals surface area contributed by atoms with Gasteiger partial charge in [-0.15, -0.1) is 0 Å². The van der Waals surface area contributed by atoms with Crippen LogP contribution in [0.1, 0.15) is 26.7 Å². The Morgan fingerprint density at radius 3 is 3.00 bits per heavy atom. The molecule has 0 amide bonds. The number of aliphatic hydroxyl groups is 1. The summed E-state index contributed by atoms with van der Waals surface area (Å²) < 4.78 is 10.5. The first-order chi connectivity index (χ1) is 6.91.